The summed E-state index contributed by atoms with van der Waals surface area (Å²) in [6, 6.07) is 0. The number of nitrogens with two attached hydrogens (primary N) is 1. The summed E-state index contributed by atoms with van der Waals surface area (Å²) >= 11 is 0. The first-order valence-corrected chi connectivity index (χ1v) is 7.03. The van der Waals surface area contributed by atoms with E-state index in [4.69, 9.17) is 5.73 Å². The highest BCUT2D eigenvalue weighted by molar-refractivity contribution is 4.96. The van der Waals surface area contributed by atoms with Crippen molar-refractivity contribution in [2.45, 2.75) is 51.2 Å². The molecule has 0 radical (unpaired) electrons. The lowest BCUT2D eigenvalue weighted by Gasteiger charge is -2.41. The molecule has 1 fully saturated rings. The molecule has 0 spiro atoms. The van der Waals surface area contributed by atoms with Crippen LogP contribution in [0.5, 0.6) is 0 Å². The first-order valence-electron chi connectivity index (χ1n) is 7.03. The van der Waals surface area contributed by atoms with Crippen LogP contribution in [0.25, 0.3) is 0 Å². The van der Waals surface area contributed by atoms with Gasteiger partial charge in [0.25, 0.3) is 0 Å². The van der Waals surface area contributed by atoms with Gasteiger partial charge in [0.2, 0.25) is 0 Å². The van der Waals surface area contributed by atoms with Crippen LogP contribution in [-0.2, 0) is 13.1 Å². The minimum absolute atomic E-state index is 0.0137. The fraction of sp³-hybridized carbons (Fsp3) is 0.846. The summed E-state index contributed by atoms with van der Waals surface area (Å²) in [5.41, 5.74) is 6.60. The second kappa shape index (κ2) is 4.63. The van der Waals surface area contributed by atoms with Crippen LogP contribution < -0.4 is 5.73 Å². The van der Waals surface area contributed by atoms with E-state index in [9.17, 15) is 0 Å². The van der Waals surface area contributed by atoms with Gasteiger partial charge in [-0.3, -0.25) is 4.90 Å². The third-order valence-corrected chi connectivity index (χ3v) is 4.38. The lowest BCUT2D eigenvalue weighted by molar-refractivity contribution is 0.127. The van der Waals surface area contributed by atoms with Crippen molar-refractivity contribution in [2.75, 3.05) is 13.1 Å². The summed E-state index contributed by atoms with van der Waals surface area (Å²) in [6.07, 6.45) is 6.78. The van der Waals surface area contributed by atoms with Gasteiger partial charge in [0.1, 0.15) is 12.2 Å². The van der Waals surface area contributed by atoms with Crippen LogP contribution in [-0.4, -0.2) is 38.3 Å². The highest BCUT2D eigenvalue weighted by atomic mass is 15.3. The van der Waals surface area contributed by atoms with Crippen LogP contribution in [0.2, 0.25) is 0 Å². The molecule has 0 bridgehead atoms. The number of rotatable bonds is 2. The molecular weight excluding hydrogens is 226 g/mol. The van der Waals surface area contributed by atoms with Crippen molar-refractivity contribution < 1.29 is 0 Å². The number of aromatic nitrogens is 3. The molecule has 5 nitrogen and oxygen atoms in total. The van der Waals surface area contributed by atoms with Gasteiger partial charge in [-0.1, -0.05) is 19.8 Å². The fourth-order valence-electron chi connectivity index (χ4n) is 3.54. The summed E-state index contributed by atoms with van der Waals surface area (Å²) < 4.78 is 2.14. The number of hydrogen-bond acceptors (Lipinski definition) is 4. The maximum absolute atomic E-state index is 6.59. The van der Waals surface area contributed by atoms with E-state index in [1.165, 1.54) is 19.3 Å². The van der Waals surface area contributed by atoms with E-state index >= 15 is 0 Å². The molecule has 1 aliphatic heterocycles. The molecule has 0 aromatic carbocycles. The Balaban J connectivity index is 1.63. The Morgan fingerprint density at radius 3 is 3.22 bits per heavy atom. The minimum atomic E-state index is 0.0137. The predicted molar refractivity (Wildman–Crippen MR) is 69.8 cm³/mol. The summed E-state index contributed by atoms with van der Waals surface area (Å²) in [5, 5.41) is 8.14. The summed E-state index contributed by atoms with van der Waals surface area (Å²) in [5.74, 6) is 1.85. The monoisotopic (exact) mass is 249 g/mol. The molecule has 2 heterocycles. The van der Waals surface area contributed by atoms with Crippen molar-refractivity contribution in [1.29, 1.82) is 0 Å². The summed E-state index contributed by atoms with van der Waals surface area (Å²) in [7, 11) is 0. The van der Waals surface area contributed by atoms with Crippen LogP contribution in [0, 0.1) is 5.92 Å². The second-order valence-electron chi connectivity index (χ2n) is 6.22. The van der Waals surface area contributed by atoms with Crippen molar-refractivity contribution in [2.24, 2.45) is 11.7 Å². The van der Waals surface area contributed by atoms with Crippen LogP contribution in [0.3, 0.4) is 0 Å². The Morgan fingerprint density at radius 1 is 1.50 bits per heavy atom. The highest BCUT2D eigenvalue weighted by Gasteiger charge is 2.33. The van der Waals surface area contributed by atoms with Crippen molar-refractivity contribution in [1.82, 2.24) is 19.7 Å². The third-order valence-electron chi connectivity index (χ3n) is 4.38. The van der Waals surface area contributed by atoms with E-state index in [0.717, 1.165) is 44.3 Å². The Kier molecular flexibility index (Phi) is 3.11. The van der Waals surface area contributed by atoms with Crippen molar-refractivity contribution >= 4 is 0 Å². The van der Waals surface area contributed by atoms with Crippen LogP contribution >= 0.6 is 0 Å². The molecule has 18 heavy (non-hydrogen) atoms. The quantitative estimate of drug-likeness (QED) is 0.849. The lowest BCUT2D eigenvalue weighted by Crippen LogP contribution is -2.53. The second-order valence-corrected chi connectivity index (χ2v) is 6.22. The molecule has 100 valence electrons. The minimum Gasteiger partial charge on any atom is -0.324 e. The van der Waals surface area contributed by atoms with Crippen LogP contribution in [0.15, 0.2) is 6.33 Å². The Labute approximate surface area is 108 Å². The normalized spacial score (nSPS) is 33.3. The Hall–Kier alpha value is -0.940. The average Bonchev–Trinajstić information content (AvgIpc) is 2.75. The maximum Gasteiger partial charge on any atom is 0.147 e. The van der Waals surface area contributed by atoms with Gasteiger partial charge in [-0.05, 0) is 18.8 Å². The van der Waals surface area contributed by atoms with E-state index in [2.05, 4.69) is 26.6 Å². The van der Waals surface area contributed by atoms with E-state index in [1.807, 2.05) is 6.33 Å². The van der Waals surface area contributed by atoms with Gasteiger partial charge in [0, 0.05) is 25.2 Å². The molecule has 2 aliphatic rings. The average molecular weight is 249 g/mol. The van der Waals surface area contributed by atoms with Crippen molar-refractivity contribution in [3.8, 4) is 0 Å². The Morgan fingerprint density at radius 2 is 2.39 bits per heavy atom. The van der Waals surface area contributed by atoms with Gasteiger partial charge < -0.3 is 10.3 Å². The molecular formula is C13H23N5. The maximum atomic E-state index is 6.59. The zero-order valence-electron chi connectivity index (χ0n) is 11.2. The molecule has 5 heteroatoms. The predicted octanol–water partition coefficient (Wildman–Crippen LogP) is 1.00. The molecule has 2 N–H and O–H groups in total. The van der Waals surface area contributed by atoms with Gasteiger partial charge in [0.15, 0.2) is 0 Å². The van der Waals surface area contributed by atoms with E-state index in [1.54, 1.807) is 0 Å². The van der Waals surface area contributed by atoms with Crippen molar-refractivity contribution in [3.63, 3.8) is 0 Å². The smallest absolute Gasteiger partial charge is 0.147 e. The zero-order chi connectivity index (χ0) is 12.6. The number of fused-ring (bicyclic) bond motifs is 1. The SMILES string of the molecule is CC1CCCC(N)(CN2CCn3cnnc3C2)C1. The fourth-order valence-corrected chi connectivity index (χ4v) is 3.54. The topological polar surface area (TPSA) is 60.0 Å². The highest BCUT2D eigenvalue weighted by Crippen LogP contribution is 2.31. The molecule has 2 unspecified atom stereocenters. The van der Waals surface area contributed by atoms with Gasteiger partial charge in [-0.15, -0.1) is 10.2 Å². The first kappa shape index (κ1) is 12.1. The van der Waals surface area contributed by atoms with Gasteiger partial charge in [0.05, 0.1) is 6.54 Å². The third kappa shape index (κ3) is 2.42. The summed E-state index contributed by atoms with van der Waals surface area (Å²) in [4.78, 5) is 2.45. The van der Waals surface area contributed by atoms with E-state index in [-0.39, 0.29) is 5.54 Å². The van der Waals surface area contributed by atoms with Crippen molar-refractivity contribution in [3.05, 3.63) is 12.2 Å². The largest absolute Gasteiger partial charge is 0.324 e. The molecule has 3 rings (SSSR count). The standard InChI is InChI=1S/C13H23N5/c1-11-3-2-4-13(14,7-11)9-17-5-6-18-10-15-16-12(18)8-17/h10-11H,2-9,14H2,1H3. The van der Waals surface area contributed by atoms with Crippen LogP contribution in [0.4, 0.5) is 0 Å². The summed E-state index contributed by atoms with van der Waals surface area (Å²) in [6.45, 7) is 6.29. The Bertz CT molecular complexity index is 415. The molecule has 0 amide bonds. The molecule has 1 aliphatic carbocycles. The van der Waals surface area contributed by atoms with Gasteiger partial charge in [-0.2, -0.15) is 0 Å². The lowest BCUT2D eigenvalue weighted by atomic mass is 9.76. The number of nitrogens with zero attached hydrogens (tertiary/aromatic N) is 4. The molecule has 1 saturated carbocycles. The molecule has 2 atom stereocenters. The molecule has 1 aromatic rings. The van der Waals surface area contributed by atoms with Gasteiger partial charge >= 0.3 is 0 Å². The van der Waals surface area contributed by atoms with Crippen LogP contribution in [0.1, 0.15) is 38.4 Å². The molecule has 1 aromatic heterocycles. The van der Waals surface area contributed by atoms with E-state index in [0.29, 0.717) is 0 Å². The van der Waals surface area contributed by atoms with Gasteiger partial charge in [-0.25, -0.2) is 0 Å². The number of hydrogen-bond donors (Lipinski definition) is 1. The zero-order valence-corrected chi connectivity index (χ0v) is 11.2. The first-order chi connectivity index (χ1) is 8.65. The van der Waals surface area contributed by atoms with E-state index < -0.39 is 0 Å². The molecule has 0 saturated heterocycles.